The second-order valence-corrected chi connectivity index (χ2v) is 6.58. The Morgan fingerprint density at radius 1 is 1.09 bits per heavy atom. The Balaban J connectivity index is 2.92. The maximum atomic E-state index is 5.60. The number of methoxy groups -OCH3 is 2. The molecule has 0 fully saturated rings. The Morgan fingerprint density at radius 2 is 1.68 bits per heavy atom. The molecule has 0 aliphatic carbocycles. The van der Waals surface area contributed by atoms with Crippen LogP contribution in [-0.2, 0) is 0 Å². The van der Waals surface area contributed by atoms with Gasteiger partial charge in [0.15, 0.2) is 5.11 Å². The zero-order valence-corrected chi connectivity index (χ0v) is 15.3. The Morgan fingerprint density at radius 3 is 2.14 bits per heavy atom. The number of benzene rings is 1. The summed E-state index contributed by atoms with van der Waals surface area (Å²) in [5.41, 5.74) is 0.823. The molecule has 22 heavy (non-hydrogen) atoms. The smallest absolute Gasteiger partial charge is 0.173 e. The van der Waals surface area contributed by atoms with E-state index in [-0.39, 0.29) is 0 Å². The van der Waals surface area contributed by atoms with Gasteiger partial charge in [0, 0.05) is 19.2 Å². The molecule has 124 valence electrons. The summed E-state index contributed by atoms with van der Waals surface area (Å²) in [4.78, 5) is 2.21. The van der Waals surface area contributed by atoms with Crippen LogP contribution in [0, 0.1) is 11.8 Å². The lowest BCUT2D eigenvalue weighted by Crippen LogP contribution is -2.39. The summed E-state index contributed by atoms with van der Waals surface area (Å²) < 4.78 is 10.7. The normalized spacial score (nSPS) is 10.7. The topological polar surface area (TPSA) is 33.7 Å². The lowest BCUT2D eigenvalue weighted by atomic mass is 10.1. The van der Waals surface area contributed by atoms with Crippen LogP contribution in [0.3, 0.4) is 0 Å². The lowest BCUT2D eigenvalue weighted by Gasteiger charge is -2.29. The van der Waals surface area contributed by atoms with Gasteiger partial charge in [-0.3, -0.25) is 0 Å². The van der Waals surface area contributed by atoms with Crippen LogP contribution >= 0.6 is 12.2 Å². The van der Waals surface area contributed by atoms with Gasteiger partial charge in [-0.1, -0.05) is 27.7 Å². The third-order valence-corrected chi connectivity index (χ3v) is 3.47. The lowest BCUT2D eigenvalue weighted by molar-refractivity contribution is 0.332. The molecule has 0 spiro atoms. The molecule has 0 atom stereocenters. The molecule has 0 amide bonds. The van der Waals surface area contributed by atoms with E-state index in [0.29, 0.717) is 16.9 Å². The minimum atomic E-state index is 0.547. The Labute approximate surface area is 139 Å². The minimum absolute atomic E-state index is 0.547. The molecule has 0 saturated heterocycles. The van der Waals surface area contributed by atoms with E-state index >= 15 is 0 Å². The van der Waals surface area contributed by atoms with Crippen molar-refractivity contribution >= 4 is 23.0 Å². The van der Waals surface area contributed by atoms with Crippen LogP contribution in [0.25, 0.3) is 0 Å². The highest BCUT2D eigenvalue weighted by Gasteiger charge is 2.15. The average molecular weight is 324 g/mol. The highest BCUT2D eigenvalue weighted by Crippen LogP contribution is 2.29. The van der Waals surface area contributed by atoms with Gasteiger partial charge in [0.2, 0.25) is 0 Å². The molecule has 0 radical (unpaired) electrons. The van der Waals surface area contributed by atoms with Crippen molar-refractivity contribution < 1.29 is 9.47 Å². The molecule has 5 heteroatoms. The van der Waals surface area contributed by atoms with Crippen LogP contribution in [-0.4, -0.2) is 37.3 Å². The van der Waals surface area contributed by atoms with Gasteiger partial charge in [-0.15, -0.1) is 0 Å². The van der Waals surface area contributed by atoms with Gasteiger partial charge in [0.05, 0.1) is 19.9 Å². The van der Waals surface area contributed by atoms with E-state index in [2.05, 4.69) is 37.9 Å². The maximum absolute atomic E-state index is 5.60. The number of hydrogen-bond donors (Lipinski definition) is 1. The van der Waals surface area contributed by atoms with E-state index in [4.69, 9.17) is 21.7 Å². The molecule has 0 aromatic heterocycles. The predicted octanol–water partition coefficient (Wildman–Crippen LogP) is 4.01. The molecule has 4 nitrogen and oxygen atoms in total. The summed E-state index contributed by atoms with van der Waals surface area (Å²) in [6.45, 7) is 10.6. The number of anilines is 1. The van der Waals surface area contributed by atoms with Crippen LogP contribution in [0.2, 0.25) is 0 Å². The summed E-state index contributed by atoms with van der Waals surface area (Å²) in [6, 6.07) is 5.64. The van der Waals surface area contributed by atoms with Crippen LogP contribution < -0.4 is 14.8 Å². The number of nitrogens with one attached hydrogen (secondary N) is 1. The third kappa shape index (κ3) is 5.72. The molecule has 0 unspecified atom stereocenters. The first-order chi connectivity index (χ1) is 10.4. The van der Waals surface area contributed by atoms with Crippen molar-refractivity contribution in [3.63, 3.8) is 0 Å². The zero-order valence-electron chi connectivity index (χ0n) is 14.5. The third-order valence-electron chi connectivity index (χ3n) is 3.11. The Kier molecular flexibility index (Phi) is 7.45. The molecule has 0 heterocycles. The maximum Gasteiger partial charge on any atom is 0.173 e. The van der Waals surface area contributed by atoms with E-state index in [9.17, 15) is 0 Å². The van der Waals surface area contributed by atoms with Gasteiger partial charge in [-0.25, -0.2) is 0 Å². The van der Waals surface area contributed by atoms with E-state index < -0.39 is 0 Å². The van der Waals surface area contributed by atoms with E-state index in [0.717, 1.165) is 30.3 Å². The van der Waals surface area contributed by atoms with Crippen molar-refractivity contribution in [3.05, 3.63) is 18.2 Å². The Bertz CT molecular complexity index is 480. The first kappa shape index (κ1) is 18.6. The molecule has 1 N–H and O–H groups in total. The molecule has 0 aliphatic heterocycles. The van der Waals surface area contributed by atoms with Gasteiger partial charge in [-0.05, 0) is 36.2 Å². The molecule has 0 bridgehead atoms. The molecule has 1 rings (SSSR count). The fraction of sp³-hybridized carbons (Fsp3) is 0.588. The number of ether oxygens (including phenoxy) is 2. The van der Waals surface area contributed by atoms with Gasteiger partial charge in [0.1, 0.15) is 11.5 Å². The fourth-order valence-corrected chi connectivity index (χ4v) is 2.49. The van der Waals surface area contributed by atoms with Gasteiger partial charge >= 0.3 is 0 Å². The van der Waals surface area contributed by atoms with Crippen LogP contribution in [0.15, 0.2) is 18.2 Å². The van der Waals surface area contributed by atoms with E-state index in [1.54, 1.807) is 14.2 Å². The van der Waals surface area contributed by atoms with Gasteiger partial charge < -0.3 is 19.7 Å². The van der Waals surface area contributed by atoms with Crippen molar-refractivity contribution in [1.82, 2.24) is 4.90 Å². The van der Waals surface area contributed by atoms with E-state index in [1.807, 2.05) is 18.2 Å². The van der Waals surface area contributed by atoms with Crippen molar-refractivity contribution in [2.45, 2.75) is 27.7 Å². The van der Waals surface area contributed by atoms with Crippen LogP contribution in [0.5, 0.6) is 11.5 Å². The fourth-order valence-electron chi connectivity index (χ4n) is 2.23. The second kappa shape index (κ2) is 8.83. The quantitative estimate of drug-likeness (QED) is 0.766. The molecule has 0 aliphatic rings. The molecule has 1 aromatic rings. The number of hydrogen-bond acceptors (Lipinski definition) is 3. The summed E-state index contributed by atoms with van der Waals surface area (Å²) in [5.74, 6) is 2.61. The minimum Gasteiger partial charge on any atom is -0.497 e. The van der Waals surface area contributed by atoms with Crippen molar-refractivity contribution in [1.29, 1.82) is 0 Å². The molecule has 0 saturated carbocycles. The van der Waals surface area contributed by atoms with Gasteiger partial charge in [-0.2, -0.15) is 0 Å². The van der Waals surface area contributed by atoms with Gasteiger partial charge in [0.25, 0.3) is 0 Å². The second-order valence-electron chi connectivity index (χ2n) is 6.19. The summed E-state index contributed by atoms with van der Waals surface area (Å²) in [6.07, 6.45) is 0. The summed E-state index contributed by atoms with van der Waals surface area (Å²) >= 11 is 5.60. The highest BCUT2D eigenvalue weighted by atomic mass is 32.1. The number of thiocarbonyl (C=S) groups is 1. The monoisotopic (exact) mass is 324 g/mol. The number of rotatable bonds is 7. The standard InChI is InChI=1S/C17H28N2O2S/c1-12(2)10-19(11-13(3)4)17(22)18-15-9-14(20-5)7-8-16(15)21-6/h7-9,12-13H,10-11H2,1-6H3,(H,18,22). The first-order valence-electron chi connectivity index (χ1n) is 7.65. The van der Waals surface area contributed by atoms with Crippen molar-refractivity contribution in [3.8, 4) is 11.5 Å². The number of nitrogens with zero attached hydrogens (tertiary/aromatic N) is 1. The van der Waals surface area contributed by atoms with E-state index in [1.165, 1.54) is 0 Å². The zero-order chi connectivity index (χ0) is 16.7. The van der Waals surface area contributed by atoms with Crippen molar-refractivity contribution in [2.24, 2.45) is 11.8 Å². The SMILES string of the molecule is COc1ccc(OC)c(NC(=S)N(CC(C)C)CC(C)C)c1. The largest absolute Gasteiger partial charge is 0.497 e. The summed E-state index contributed by atoms with van der Waals surface area (Å²) in [5, 5.41) is 4.02. The molecular weight excluding hydrogens is 296 g/mol. The first-order valence-corrected chi connectivity index (χ1v) is 8.06. The Hall–Kier alpha value is -1.49. The van der Waals surface area contributed by atoms with Crippen LogP contribution in [0.4, 0.5) is 5.69 Å². The highest BCUT2D eigenvalue weighted by molar-refractivity contribution is 7.80. The predicted molar refractivity (Wildman–Crippen MR) is 97.0 cm³/mol. The van der Waals surface area contributed by atoms with Crippen LogP contribution in [0.1, 0.15) is 27.7 Å². The average Bonchev–Trinajstić information content (AvgIpc) is 2.45. The molecule has 1 aromatic carbocycles. The summed E-state index contributed by atoms with van der Waals surface area (Å²) in [7, 11) is 3.30. The molecular formula is C17H28N2O2S. The van der Waals surface area contributed by atoms with Crippen molar-refractivity contribution in [2.75, 3.05) is 32.6 Å².